The SMILES string of the molecule is CCCc1ccc(-c2cccc3c2C=C(C2CCCC2)[CH]3[Zr+2]2([CH]3C(C4CCCC4)=Cc4c(-c5ccc(CCC)cc5)cccc43)[CH2]C[CH2]2)cc1.[Cl-].[Cl-]. The molecule has 0 spiro atoms. The number of allylic oxidation sites excluding steroid dienone is 2. The average Bonchev–Trinajstić information content (AvgIpc) is 3.96. The van der Waals surface area contributed by atoms with E-state index >= 15 is 0 Å². The van der Waals surface area contributed by atoms with Crippen LogP contribution >= 0.6 is 0 Å². The summed E-state index contributed by atoms with van der Waals surface area (Å²) < 4.78 is 4.58. The molecule has 3 fully saturated rings. The van der Waals surface area contributed by atoms with E-state index in [1.54, 1.807) is 30.5 Å². The Balaban J connectivity index is 0.00000210. The first-order valence-corrected chi connectivity index (χ1v) is 26.9. The zero-order valence-electron chi connectivity index (χ0n) is 31.4. The minimum Gasteiger partial charge on any atom is -1.00 e. The molecule has 2 atom stereocenters. The van der Waals surface area contributed by atoms with Crippen molar-refractivity contribution >= 4 is 12.2 Å². The van der Waals surface area contributed by atoms with Crippen molar-refractivity contribution in [1.82, 2.24) is 0 Å². The molecule has 1 heterocycles. The Morgan fingerprint density at radius 2 is 0.904 bits per heavy atom. The van der Waals surface area contributed by atoms with Crippen LogP contribution < -0.4 is 24.8 Å². The molecular weight excluding hydrogens is 751 g/mol. The first kappa shape index (κ1) is 38.1. The maximum Gasteiger partial charge on any atom is -1.00 e. The molecule has 3 heteroatoms. The van der Waals surface area contributed by atoms with Crippen LogP contribution in [0.3, 0.4) is 0 Å². The molecule has 4 aromatic rings. The Morgan fingerprint density at radius 1 is 0.500 bits per heavy atom. The Hall–Kier alpha value is -2.18. The third-order valence-electron chi connectivity index (χ3n) is 13.9. The summed E-state index contributed by atoms with van der Waals surface area (Å²) in [6.45, 7) is 4.58. The van der Waals surface area contributed by atoms with Crippen LogP contribution in [-0.4, -0.2) is 0 Å². The number of aryl methyl sites for hydroxylation is 2. The minimum absolute atomic E-state index is 0. The molecule has 270 valence electrons. The summed E-state index contributed by atoms with van der Waals surface area (Å²) in [5.41, 5.74) is 19.2. The fourth-order valence-electron chi connectivity index (χ4n) is 11.5. The molecule has 1 aliphatic heterocycles. The van der Waals surface area contributed by atoms with Crippen molar-refractivity contribution in [1.29, 1.82) is 0 Å². The third-order valence-corrected chi connectivity index (χ3v) is 29.0. The van der Waals surface area contributed by atoms with Crippen LogP contribution in [0.5, 0.6) is 0 Å². The standard InChI is InChI=1S/2C23H25.C3H6.2ClH.Zr/c2*1-2-6-17-11-13-19(14-12-17)22-10-5-9-20-15-21(16-23(20)22)18-7-3-4-8-18;1-3-2;;;/h2*5,9-16,18H,2-4,6-8H2,1H3;1-3H2;2*1H;/q;;;;;+2/p-2. The fourth-order valence-corrected chi connectivity index (χ4v) is 27.1. The van der Waals surface area contributed by atoms with Gasteiger partial charge >= 0.3 is 309 Å². The molecule has 1 saturated heterocycles. The van der Waals surface area contributed by atoms with Crippen LogP contribution in [0.4, 0.5) is 0 Å². The maximum absolute atomic E-state index is 2.95. The third kappa shape index (κ3) is 6.62. The number of halogens is 2. The van der Waals surface area contributed by atoms with Gasteiger partial charge in [-0.2, -0.15) is 0 Å². The van der Waals surface area contributed by atoms with Gasteiger partial charge in [0.2, 0.25) is 0 Å². The van der Waals surface area contributed by atoms with Crippen LogP contribution in [-0.2, 0) is 33.1 Å². The number of benzene rings is 4. The smallest absolute Gasteiger partial charge is 1.00 e. The van der Waals surface area contributed by atoms with E-state index in [0.717, 1.165) is 19.1 Å². The van der Waals surface area contributed by atoms with E-state index in [4.69, 9.17) is 0 Å². The van der Waals surface area contributed by atoms with Crippen LogP contribution in [0.1, 0.15) is 125 Å². The van der Waals surface area contributed by atoms with Gasteiger partial charge in [-0.15, -0.1) is 0 Å². The topological polar surface area (TPSA) is 0 Å². The predicted molar refractivity (Wildman–Crippen MR) is 211 cm³/mol. The Labute approximate surface area is 331 Å². The molecule has 4 aliphatic carbocycles. The van der Waals surface area contributed by atoms with Crippen molar-refractivity contribution in [2.75, 3.05) is 0 Å². The number of hydrogen-bond acceptors (Lipinski definition) is 0. The zero-order valence-corrected chi connectivity index (χ0v) is 35.4. The minimum atomic E-state index is -2.95. The van der Waals surface area contributed by atoms with E-state index in [1.165, 1.54) is 117 Å². The summed E-state index contributed by atoms with van der Waals surface area (Å²) in [4.78, 5) is 0. The van der Waals surface area contributed by atoms with E-state index in [9.17, 15) is 0 Å². The quantitative estimate of drug-likeness (QED) is 0.152. The molecule has 4 aromatic carbocycles. The van der Waals surface area contributed by atoms with E-state index < -0.39 is 20.3 Å². The molecule has 52 heavy (non-hydrogen) atoms. The number of fused-ring (bicyclic) bond motifs is 2. The second-order valence-corrected chi connectivity index (χ2v) is 28.1. The van der Waals surface area contributed by atoms with Crippen LogP contribution in [0.25, 0.3) is 34.4 Å². The molecule has 0 radical (unpaired) electrons. The van der Waals surface area contributed by atoms with Gasteiger partial charge in [-0.05, 0) is 0 Å². The Kier molecular flexibility index (Phi) is 11.9. The van der Waals surface area contributed by atoms with E-state index in [2.05, 4.69) is 111 Å². The summed E-state index contributed by atoms with van der Waals surface area (Å²) in [6, 6.07) is 34.2. The number of rotatable bonds is 10. The zero-order chi connectivity index (χ0) is 33.7. The van der Waals surface area contributed by atoms with Crippen LogP contribution in [0.2, 0.25) is 8.26 Å². The molecule has 0 bridgehead atoms. The summed E-state index contributed by atoms with van der Waals surface area (Å²) in [5, 5.41) is 0. The van der Waals surface area contributed by atoms with Crippen LogP contribution in [0.15, 0.2) is 96.1 Å². The first-order chi connectivity index (χ1) is 24.7. The average molecular weight is 807 g/mol. The molecule has 9 rings (SSSR count). The Morgan fingerprint density at radius 3 is 1.25 bits per heavy atom. The normalized spacial score (nSPS) is 21.2. The van der Waals surface area contributed by atoms with Gasteiger partial charge < -0.3 is 24.8 Å². The molecule has 2 unspecified atom stereocenters. The van der Waals surface area contributed by atoms with Crippen molar-refractivity contribution in [2.24, 2.45) is 11.8 Å². The van der Waals surface area contributed by atoms with Gasteiger partial charge in [-0.25, -0.2) is 0 Å². The van der Waals surface area contributed by atoms with Gasteiger partial charge in [0, 0.05) is 0 Å². The van der Waals surface area contributed by atoms with Crippen molar-refractivity contribution in [3.63, 3.8) is 0 Å². The monoisotopic (exact) mass is 804 g/mol. The van der Waals surface area contributed by atoms with E-state index in [0.29, 0.717) is 0 Å². The molecule has 0 N–H and O–H groups in total. The maximum atomic E-state index is 2.80. The fraction of sp³-hybridized carbons (Fsp3) is 0.429. The predicted octanol–water partition coefficient (Wildman–Crippen LogP) is 8.28. The van der Waals surface area contributed by atoms with Gasteiger partial charge in [0.15, 0.2) is 0 Å². The molecule has 0 amide bonds. The van der Waals surface area contributed by atoms with E-state index in [-0.39, 0.29) is 24.8 Å². The summed E-state index contributed by atoms with van der Waals surface area (Å²) in [7, 11) is 0. The second kappa shape index (κ2) is 16.3. The van der Waals surface area contributed by atoms with Gasteiger partial charge in [-0.3, -0.25) is 0 Å². The molecule has 0 aromatic heterocycles. The largest absolute Gasteiger partial charge is 1.00 e. The molecule has 2 saturated carbocycles. The van der Waals surface area contributed by atoms with Crippen LogP contribution in [0, 0.1) is 11.8 Å². The second-order valence-electron chi connectivity index (χ2n) is 16.7. The first-order valence-electron chi connectivity index (χ1n) is 20.6. The van der Waals surface area contributed by atoms with E-state index in [1.807, 2.05) is 11.1 Å². The van der Waals surface area contributed by atoms with Crippen molar-refractivity contribution in [2.45, 2.75) is 113 Å². The van der Waals surface area contributed by atoms with Gasteiger partial charge in [-0.1, -0.05) is 0 Å². The molecule has 5 aliphatic rings. The Bertz CT molecular complexity index is 1780. The molecule has 0 nitrogen and oxygen atoms in total. The van der Waals surface area contributed by atoms with Gasteiger partial charge in [0.25, 0.3) is 0 Å². The van der Waals surface area contributed by atoms with Crippen molar-refractivity contribution in [3.8, 4) is 22.3 Å². The number of hydrogen-bond donors (Lipinski definition) is 0. The molecular formula is C49H56Cl2Zr. The summed E-state index contributed by atoms with van der Waals surface area (Å²) in [6.07, 6.45) is 23.1. The van der Waals surface area contributed by atoms with Crippen molar-refractivity contribution in [3.05, 3.63) is 129 Å². The van der Waals surface area contributed by atoms with Gasteiger partial charge in [0.05, 0.1) is 0 Å². The summed E-state index contributed by atoms with van der Waals surface area (Å²) in [5.74, 6) is 1.57. The van der Waals surface area contributed by atoms with Crippen molar-refractivity contribution < 1.29 is 45.1 Å². The van der Waals surface area contributed by atoms with Gasteiger partial charge in [0.1, 0.15) is 0 Å². The summed E-state index contributed by atoms with van der Waals surface area (Å²) >= 11 is -2.95.